The molecule has 0 N–H and O–H groups in total. The number of likely N-dealkylation sites (tertiary alicyclic amines) is 1. The molecule has 2 fully saturated rings. The van der Waals surface area contributed by atoms with E-state index in [1.54, 1.807) is 0 Å². The first-order valence-electron chi connectivity index (χ1n) is 5.95. The maximum Gasteiger partial charge on any atom is 0.228 e. The first-order chi connectivity index (χ1) is 7.08. The van der Waals surface area contributed by atoms with Crippen LogP contribution in [-0.4, -0.2) is 37.1 Å². The van der Waals surface area contributed by atoms with Crippen molar-refractivity contribution >= 4 is 5.91 Å². The van der Waals surface area contributed by atoms with E-state index in [2.05, 4.69) is 13.8 Å². The molecular formula is C12H21NO2. The van der Waals surface area contributed by atoms with Crippen LogP contribution in [0.3, 0.4) is 0 Å². The number of hydrogen-bond acceptors (Lipinski definition) is 2. The van der Waals surface area contributed by atoms with E-state index in [0.29, 0.717) is 17.9 Å². The molecule has 0 saturated carbocycles. The zero-order chi connectivity index (χ0) is 10.9. The quantitative estimate of drug-likeness (QED) is 0.660. The summed E-state index contributed by atoms with van der Waals surface area (Å²) in [6, 6.07) is 0. The summed E-state index contributed by atoms with van der Waals surface area (Å²) in [7, 11) is 0. The van der Waals surface area contributed by atoms with Gasteiger partial charge < -0.3 is 9.64 Å². The molecule has 1 unspecified atom stereocenters. The summed E-state index contributed by atoms with van der Waals surface area (Å²) >= 11 is 0. The normalized spacial score (nSPS) is 30.5. The minimum Gasteiger partial charge on any atom is -0.381 e. The highest BCUT2D eigenvalue weighted by atomic mass is 16.5. The van der Waals surface area contributed by atoms with Crippen LogP contribution < -0.4 is 0 Å². The number of nitrogens with zero attached hydrogens (tertiary/aromatic N) is 1. The van der Waals surface area contributed by atoms with E-state index >= 15 is 0 Å². The van der Waals surface area contributed by atoms with Gasteiger partial charge in [0.25, 0.3) is 0 Å². The molecule has 1 atom stereocenters. The maximum atomic E-state index is 12.1. The summed E-state index contributed by atoms with van der Waals surface area (Å²) in [6.45, 7) is 7.75. The molecular weight excluding hydrogens is 190 g/mol. The molecule has 0 aromatic rings. The van der Waals surface area contributed by atoms with Crippen molar-refractivity contribution in [3.8, 4) is 0 Å². The Morgan fingerprint density at radius 2 is 2.27 bits per heavy atom. The monoisotopic (exact) mass is 211 g/mol. The van der Waals surface area contributed by atoms with Crippen LogP contribution in [0, 0.1) is 11.3 Å². The van der Waals surface area contributed by atoms with Crippen LogP contribution in [0.5, 0.6) is 0 Å². The van der Waals surface area contributed by atoms with E-state index in [4.69, 9.17) is 4.74 Å². The Labute approximate surface area is 91.8 Å². The van der Waals surface area contributed by atoms with Crippen LogP contribution in [0.4, 0.5) is 0 Å². The lowest BCUT2D eigenvalue weighted by Crippen LogP contribution is -2.46. The van der Waals surface area contributed by atoms with Gasteiger partial charge >= 0.3 is 0 Å². The molecule has 2 aliphatic heterocycles. The van der Waals surface area contributed by atoms with Gasteiger partial charge in [-0.2, -0.15) is 0 Å². The number of carbonyl (C=O) groups excluding carboxylic acids is 1. The van der Waals surface area contributed by atoms with E-state index in [1.807, 2.05) is 4.90 Å². The summed E-state index contributed by atoms with van der Waals surface area (Å²) < 4.78 is 5.27. The number of carbonyl (C=O) groups is 1. The molecule has 3 heteroatoms. The second-order valence-corrected chi connectivity index (χ2v) is 5.59. The van der Waals surface area contributed by atoms with Gasteiger partial charge in [0.05, 0.1) is 12.5 Å². The lowest BCUT2D eigenvalue weighted by Gasteiger charge is -2.39. The molecule has 15 heavy (non-hydrogen) atoms. The zero-order valence-electron chi connectivity index (χ0n) is 9.79. The van der Waals surface area contributed by atoms with Crippen molar-refractivity contribution in [3.63, 3.8) is 0 Å². The number of piperidine rings is 1. The first kappa shape index (κ1) is 10.9. The highest BCUT2D eigenvalue weighted by Crippen LogP contribution is 2.30. The SMILES string of the molecule is CC1(C)CCCN(C(=O)C2CCOC2)C1. The largest absolute Gasteiger partial charge is 0.381 e. The number of rotatable bonds is 1. The molecule has 0 spiro atoms. The van der Waals surface area contributed by atoms with Crippen molar-refractivity contribution in [2.24, 2.45) is 11.3 Å². The number of amides is 1. The molecule has 86 valence electrons. The maximum absolute atomic E-state index is 12.1. The van der Waals surface area contributed by atoms with Crippen molar-refractivity contribution < 1.29 is 9.53 Å². The van der Waals surface area contributed by atoms with Crippen molar-refractivity contribution in [2.75, 3.05) is 26.3 Å². The minimum absolute atomic E-state index is 0.138. The average Bonchev–Trinajstić information content (AvgIpc) is 2.67. The Morgan fingerprint density at radius 3 is 2.87 bits per heavy atom. The predicted octanol–water partition coefficient (Wildman–Crippen LogP) is 1.67. The smallest absolute Gasteiger partial charge is 0.228 e. The molecule has 2 saturated heterocycles. The Morgan fingerprint density at radius 1 is 1.47 bits per heavy atom. The molecule has 0 bridgehead atoms. The summed E-state index contributed by atoms with van der Waals surface area (Å²) in [6.07, 6.45) is 3.29. The van der Waals surface area contributed by atoms with Gasteiger partial charge in [0, 0.05) is 19.7 Å². The summed E-state index contributed by atoms with van der Waals surface area (Å²) in [5.41, 5.74) is 0.299. The van der Waals surface area contributed by atoms with Crippen LogP contribution in [0.15, 0.2) is 0 Å². The lowest BCUT2D eigenvalue weighted by molar-refractivity contribution is -0.138. The van der Waals surface area contributed by atoms with Crippen molar-refractivity contribution in [1.82, 2.24) is 4.90 Å². The molecule has 2 rings (SSSR count). The van der Waals surface area contributed by atoms with Crippen LogP contribution in [-0.2, 0) is 9.53 Å². The van der Waals surface area contributed by atoms with Gasteiger partial charge in [0.1, 0.15) is 0 Å². The standard InChI is InChI=1S/C12H21NO2/c1-12(2)5-3-6-13(9-12)11(14)10-4-7-15-8-10/h10H,3-9H2,1-2H3. The van der Waals surface area contributed by atoms with E-state index < -0.39 is 0 Å². The number of hydrogen-bond donors (Lipinski definition) is 0. The summed E-state index contributed by atoms with van der Waals surface area (Å²) in [4.78, 5) is 14.2. The van der Waals surface area contributed by atoms with Crippen molar-refractivity contribution in [3.05, 3.63) is 0 Å². The highest BCUT2D eigenvalue weighted by molar-refractivity contribution is 5.79. The highest BCUT2D eigenvalue weighted by Gasteiger charge is 2.33. The third kappa shape index (κ3) is 2.51. The third-order valence-electron chi connectivity index (χ3n) is 3.49. The molecule has 0 aliphatic carbocycles. The van der Waals surface area contributed by atoms with Crippen molar-refractivity contribution in [1.29, 1.82) is 0 Å². The Hall–Kier alpha value is -0.570. The third-order valence-corrected chi connectivity index (χ3v) is 3.49. The summed E-state index contributed by atoms with van der Waals surface area (Å²) in [5.74, 6) is 0.458. The van der Waals surface area contributed by atoms with Crippen molar-refractivity contribution in [2.45, 2.75) is 33.1 Å². The zero-order valence-corrected chi connectivity index (χ0v) is 9.79. The molecule has 0 aromatic carbocycles. The van der Waals surface area contributed by atoms with Gasteiger partial charge in [0.2, 0.25) is 5.91 Å². The van der Waals surface area contributed by atoms with Gasteiger partial charge in [-0.05, 0) is 24.7 Å². The van der Waals surface area contributed by atoms with Gasteiger partial charge in [-0.25, -0.2) is 0 Å². The Kier molecular flexibility index (Phi) is 3.01. The average molecular weight is 211 g/mol. The predicted molar refractivity (Wildman–Crippen MR) is 58.5 cm³/mol. The first-order valence-corrected chi connectivity index (χ1v) is 5.95. The van der Waals surface area contributed by atoms with E-state index in [1.165, 1.54) is 6.42 Å². The van der Waals surface area contributed by atoms with Gasteiger partial charge in [-0.1, -0.05) is 13.8 Å². The molecule has 3 nitrogen and oxygen atoms in total. The lowest BCUT2D eigenvalue weighted by atomic mass is 9.83. The van der Waals surface area contributed by atoms with Crippen LogP contribution in [0.1, 0.15) is 33.1 Å². The van der Waals surface area contributed by atoms with E-state index in [-0.39, 0.29) is 5.92 Å². The Balaban J connectivity index is 1.94. The summed E-state index contributed by atoms with van der Waals surface area (Å²) in [5, 5.41) is 0. The molecule has 1 amide bonds. The van der Waals surface area contributed by atoms with Crippen LogP contribution in [0.25, 0.3) is 0 Å². The van der Waals surface area contributed by atoms with E-state index in [9.17, 15) is 4.79 Å². The molecule has 2 aliphatic rings. The fraction of sp³-hybridized carbons (Fsp3) is 0.917. The van der Waals surface area contributed by atoms with Crippen LogP contribution >= 0.6 is 0 Å². The molecule has 0 aromatic heterocycles. The second-order valence-electron chi connectivity index (χ2n) is 5.59. The fourth-order valence-electron chi connectivity index (χ4n) is 2.60. The topological polar surface area (TPSA) is 29.5 Å². The Bertz CT molecular complexity index is 244. The molecule has 2 heterocycles. The second kappa shape index (κ2) is 4.12. The van der Waals surface area contributed by atoms with Gasteiger partial charge in [-0.15, -0.1) is 0 Å². The van der Waals surface area contributed by atoms with Crippen LogP contribution in [0.2, 0.25) is 0 Å². The molecule has 0 radical (unpaired) electrons. The fourth-order valence-corrected chi connectivity index (χ4v) is 2.60. The minimum atomic E-state index is 0.138. The number of ether oxygens (including phenoxy) is 1. The van der Waals surface area contributed by atoms with Gasteiger partial charge in [-0.3, -0.25) is 4.79 Å². The van der Waals surface area contributed by atoms with E-state index in [0.717, 1.165) is 32.5 Å². The van der Waals surface area contributed by atoms with Gasteiger partial charge in [0.15, 0.2) is 0 Å².